The molecule has 1 saturated carbocycles. The number of hydrogen-bond acceptors (Lipinski definition) is 2. The van der Waals surface area contributed by atoms with E-state index in [0.717, 1.165) is 12.8 Å². The fourth-order valence-electron chi connectivity index (χ4n) is 3.05. The summed E-state index contributed by atoms with van der Waals surface area (Å²) in [6.07, 6.45) is 2.31. The Morgan fingerprint density at radius 3 is 2.68 bits per heavy atom. The molecule has 118 valence electrons. The molecular weight excluding hydrogens is 304 g/mol. The average molecular weight is 323 g/mol. The number of piperidine rings is 1. The van der Waals surface area contributed by atoms with Gasteiger partial charge in [-0.2, -0.15) is 0 Å². The Labute approximate surface area is 134 Å². The van der Waals surface area contributed by atoms with E-state index in [9.17, 15) is 9.59 Å². The van der Waals surface area contributed by atoms with Crippen LogP contribution in [0.25, 0.3) is 0 Å². The number of hydrogen-bond donors (Lipinski definition) is 2. The van der Waals surface area contributed by atoms with Crippen LogP contribution in [-0.2, 0) is 4.79 Å². The number of halogens is 1. The van der Waals surface area contributed by atoms with Crippen LogP contribution in [0.1, 0.15) is 30.7 Å². The number of amides is 2. The Morgan fingerprint density at radius 1 is 1.27 bits per heavy atom. The summed E-state index contributed by atoms with van der Waals surface area (Å²) in [5, 5.41) is 12.8. The highest BCUT2D eigenvalue weighted by atomic mass is 35.5. The summed E-state index contributed by atoms with van der Waals surface area (Å²) in [7, 11) is 0. The number of nitrogens with one attached hydrogen (secondary N) is 1. The van der Waals surface area contributed by atoms with Crippen LogP contribution in [-0.4, -0.2) is 41.1 Å². The van der Waals surface area contributed by atoms with Gasteiger partial charge in [0, 0.05) is 30.1 Å². The number of likely N-dealkylation sites (tertiary alicyclic amines) is 1. The van der Waals surface area contributed by atoms with E-state index in [2.05, 4.69) is 5.32 Å². The van der Waals surface area contributed by atoms with Crippen molar-refractivity contribution in [2.45, 2.75) is 31.2 Å². The summed E-state index contributed by atoms with van der Waals surface area (Å²) in [5.74, 6) is -0.921. The molecule has 2 amide bonds. The maximum atomic E-state index is 12.2. The van der Waals surface area contributed by atoms with Crippen LogP contribution in [0.3, 0.4) is 0 Å². The van der Waals surface area contributed by atoms with Gasteiger partial charge in [-0.15, -0.1) is 0 Å². The molecule has 3 atom stereocenters. The molecule has 1 heterocycles. The second kappa shape index (κ2) is 6.16. The summed E-state index contributed by atoms with van der Waals surface area (Å²) < 4.78 is 0. The third-order valence-electron chi connectivity index (χ3n) is 4.46. The van der Waals surface area contributed by atoms with Gasteiger partial charge in [0.1, 0.15) is 0 Å². The van der Waals surface area contributed by atoms with Crippen molar-refractivity contribution in [2.24, 2.45) is 5.92 Å². The lowest BCUT2D eigenvalue weighted by Crippen LogP contribution is -2.47. The predicted octanol–water partition coefficient (Wildman–Crippen LogP) is 2.70. The van der Waals surface area contributed by atoms with Crippen molar-refractivity contribution < 1.29 is 14.7 Å². The lowest BCUT2D eigenvalue weighted by atomic mass is 9.99. The third-order valence-corrected chi connectivity index (χ3v) is 4.71. The van der Waals surface area contributed by atoms with E-state index in [1.807, 2.05) is 24.3 Å². The molecule has 2 aliphatic rings. The van der Waals surface area contributed by atoms with E-state index >= 15 is 0 Å². The summed E-state index contributed by atoms with van der Waals surface area (Å²) in [6.45, 7) is 0.938. The SMILES string of the molecule is O=C(O)C1CCCN(C(=O)N[C@@H]2C[C@H]2c2ccc(Cl)cc2)C1. The molecule has 0 bridgehead atoms. The minimum absolute atomic E-state index is 0.138. The molecule has 2 fully saturated rings. The summed E-state index contributed by atoms with van der Waals surface area (Å²) in [4.78, 5) is 24.9. The Morgan fingerprint density at radius 2 is 2.00 bits per heavy atom. The molecule has 22 heavy (non-hydrogen) atoms. The average Bonchev–Trinajstić information content (AvgIpc) is 3.27. The van der Waals surface area contributed by atoms with Crippen molar-refractivity contribution >= 4 is 23.6 Å². The standard InChI is InChI=1S/C16H19ClN2O3/c17-12-5-3-10(4-6-12)13-8-14(13)18-16(22)19-7-1-2-11(9-19)15(20)21/h3-6,11,13-14H,1-2,7-9H2,(H,18,22)(H,20,21)/t11?,13-,14+/m0/s1. The van der Waals surface area contributed by atoms with Gasteiger partial charge in [0.05, 0.1) is 5.92 Å². The van der Waals surface area contributed by atoms with Crippen molar-refractivity contribution in [2.75, 3.05) is 13.1 Å². The monoisotopic (exact) mass is 322 g/mol. The van der Waals surface area contributed by atoms with E-state index in [1.54, 1.807) is 4.90 Å². The first kappa shape index (κ1) is 15.2. The number of benzene rings is 1. The summed E-state index contributed by atoms with van der Waals surface area (Å²) in [5.41, 5.74) is 1.18. The number of carboxylic acids is 1. The predicted molar refractivity (Wildman–Crippen MR) is 83.1 cm³/mol. The van der Waals surface area contributed by atoms with Gasteiger partial charge in [0.25, 0.3) is 0 Å². The zero-order chi connectivity index (χ0) is 15.7. The van der Waals surface area contributed by atoms with E-state index in [-0.39, 0.29) is 12.1 Å². The Hall–Kier alpha value is -1.75. The number of urea groups is 1. The van der Waals surface area contributed by atoms with E-state index < -0.39 is 11.9 Å². The van der Waals surface area contributed by atoms with Gasteiger partial charge in [-0.1, -0.05) is 23.7 Å². The number of carbonyl (C=O) groups excluding carboxylic acids is 1. The van der Waals surface area contributed by atoms with Crippen LogP contribution >= 0.6 is 11.6 Å². The Bertz CT molecular complexity index is 575. The van der Waals surface area contributed by atoms with Gasteiger partial charge >= 0.3 is 12.0 Å². The van der Waals surface area contributed by atoms with E-state index in [4.69, 9.17) is 16.7 Å². The number of aliphatic carboxylic acids is 1. The maximum absolute atomic E-state index is 12.2. The molecule has 1 aromatic rings. The minimum Gasteiger partial charge on any atom is -0.481 e. The van der Waals surface area contributed by atoms with Crippen molar-refractivity contribution in [3.8, 4) is 0 Å². The first-order valence-electron chi connectivity index (χ1n) is 7.58. The third kappa shape index (κ3) is 3.35. The molecule has 0 spiro atoms. The number of rotatable bonds is 3. The van der Waals surface area contributed by atoms with Gasteiger partial charge in [-0.25, -0.2) is 4.79 Å². The molecule has 0 aromatic heterocycles. The molecule has 1 aromatic carbocycles. The van der Waals surface area contributed by atoms with Gasteiger partial charge in [-0.3, -0.25) is 4.79 Å². The lowest BCUT2D eigenvalue weighted by Gasteiger charge is -2.30. The summed E-state index contributed by atoms with van der Waals surface area (Å²) >= 11 is 5.87. The zero-order valence-electron chi connectivity index (χ0n) is 12.2. The highest BCUT2D eigenvalue weighted by Crippen LogP contribution is 2.41. The second-order valence-electron chi connectivity index (χ2n) is 6.07. The molecule has 1 aliphatic carbocycles. The van der Waals surface area contributed by atoms with Gasteiger partial charge in [0.2, 0.25) is 0 Å². The molecule has 1 aliphatic heterocycles. The van der Waals surface area contributed by atoms with E-state index in [0.29, 0.717) is 30.5 Å². The Balaban J connectivity index is 1.53. The first-order valence-corrected chi connectivity index (χ1v) is 7.96. The number of nitrogens with zero attached hydrogens (tertiary/aromatic N) is 1. The van der Waals surface area contributed by atoms with Crippen LogP contribution in [0.4, 0.5) is 4.79 Å². The smallest absolute Gasteiger partial charge is 0.317 e. The van der Waals surface area contributed by atoms with Gasteiger partial charge in [0.15, 0.2) is 0 Å². The van der Waals surface area contributed by atoms with Crippen molar-refractivity contribution in [3.05, 3.63) is 34.9 Å². The van der Waals surface area contributed by atoms with Crippen LogP contribution in [0.2, 0.25) is 5.02 Å². The fourth-order valence-corrected chi connectivity index (χ4v) is 3.17. The van der Waals surface area contributed by atoms with Gasteiger partial charge in [-0.05, 0) is 37.0 Å². The quantitative estimate of drug-likeness (QED) is 0.899. The fraction of sp³-hybridized carbons (Fsp3) is 0.500. The van der Waals surface area contributed by atoms with Crippen LogP contribution in [0, 0.1) is 5.92 Å². The largest absolute Gasteiger partial charge is 0.481 e. The zero-order valence-corrected chi connectivity index (χ0v) is 12.9. The van der Waals surface area contributed by atoms with Crippen molar-refractivity contribution in [1.29, 1.82) is 0 Å². The molecule has 1 unspecified atom stereocenters. The molecule has 3 rings (SSSR count). The highest BCUT2D eigenvalue weighted by molar-refractivity contribution is 6.30. The lowest BCUT2D eigenvalue weighted by molar-refractivity contribution is -0.143. The number of carboxylic acid groups (broad SMARTS) is 1. The van der Waals surface area contributed by atoms with Crippen molar-refractivity contribution in [3.63, 3.8) is 0 Å². The second-order valence-corrected chi connectivity index (χ2v) is 6.51. The minimum atomic E-state index is -0.817. The molecule has 0 radical (unpaired) electrons. The highest BCUT2D eigenvalue weighted by Gasteiger charge is 2.40. The first-order chi connectivity index (χ1) is 10.5. The van der Waals surface area contributed by atoms with E-state index in [1.165, 1.54) is 5.56 Å². The summed E-state index contributed by atoms with van der Waals surface area (Å²) in [6, 6.07) is 7.68. The molecule has 6 heteroatoms. The number of carbonyl (C=O) groups is 2. The Kier molecular flexibility index (Phi) is 4.25. The molecule has 5 nitrogen and oxygen atoms in total. The van der Waals surface area contributed by atoms with Crippen LogP contribution in [0.5, 0.6) is 0 Å². The van der Waals surface area contributed by atoms with Crippen molar-refractivity contribution in [1.82, 2.24) is 10.2 Å². The normalized spacial score (nSPS) is 27.3. The van der Waals surface area contributed by atoms with Crippen LogP contribution < -0.4 is 5.32 Å². The maximum Gasteiger partial charge on any atom is 0.317 e. The molecule has 1 saturated heterocycles. The topological polar surface area (TPSA) is 69.6 Å². The molecular formula is C16H19ClN2O3. The molecule has 2 N–H and O–H groups in total. The van der Waals surface area contributed by atoms with Crippen LogP contribution in [0.15, 0.2) is 24.3 Å². The van der Waals surface area contributed by atoms with Gasteiger partial charge < -0.3 is 15.3 Å².